The van der Waals surface area contributed by atoms with E-state index in [1.807, 2.05) is 29.9 Å². The van der Waals surface area contributed by atoms with Gasteiger partial charge in [0.1, 0.15) is 17.3 Å². The number of nitrogens with zero attached hydrogens (tertiary/aromatic N) is 3. The van der Waals surface area contributed by atoms with Gasteiger partial charge in [-0.05, 0) is 44.0 Å². The number of anilines is 1. The van der Waals surface area contributed by atoms with Crippen LogP contribution in [0, 0.1) is 5.82 Å². The number of nitrogens with one attached hydrogen (secondary N) is 1. The van der Waals surface area contributed by atoms with Gasteiger partial charge in [0.25, 0.3) is 0 Å². The van der Waals surface area contributed by atoms with E-state index in [9.17, 15) is 14.3 Å². The molecule has 0 bridgehead atoms. The van der Waals surface area contributed by atoms with E-state index in [1.54, 1.807) is 6.20 Å². The Morgan fingerprint density at radius 1 is 1.31 bits per heavy atom. The maximum atomic E-state index is 13.7. The van der Waals surface area contributed by atoms with Gasteiger partial charge in [0, 0.05) is 48.1 Å². The molecule has 1 fully saturated rings. The number of amides is 1. The number of aromatic nitrogens is 2. The van der Waals surface area contributed by atoms with Crippen LogP contribution < -0.4 is 15.0 Å². The fourth-order valence-corrected chi connectivity index (χ4v) is 4.41. The Kier molecular flexibility index (Phi) is 5.27. The van der Waals surface area contributed by atoms with Gasteiger partial charge < -0.3 is 15.2 Å². The largest absolute Gasteiger partial charge is 0.465 e. The zero-order chi connectivity index (χ0) is 22.4. The highest BCUT2D eigenvalue weighted by Crippen LogP contribution is 2.45. The zero-order valence-corrected chi connectivity index (χ0v) is 18.1. The summed E-state index contributed by atoms with van der Waals surface area (Å²) in [6.45, 7) is 3.63. The van der Waals surface area contributed by atoms with Crippen LogP contribution in [0.1, 0.15) is 24.9 Å². The summed E-state index contributed by atoms with van der Waals surface area (Å²) in [6, 6.07) is 8.02. The molecule has 3 heterocycles. The topological polar surface area (TPSA) is 79.6 Å². The van der Waals surface area contributed by atoms with Crippen molar-refractivity contribution in [2.24, 2.45) is 0 Å². The smallest absolute Gasteiger partial charge is 0.412 e. The van der Waals surface area contributed by atoms with E-state index in [0.29, 0.717) is 36.1 Å². The van der Waals surface area contributed by atoms with Crippen LogP contribution >= 0.6 is 11.6 Å². The number of hydrogen-bond donors (Lipinski definition) is 2. The van der Waals surface area contributed by atoms with Crippen molar-refractivity contribution in [1.29, 1.82) is 0 Å². The van der Waals surface area contributed by atoms with Gasteiger partial charge in [-0.25, -0.2) is 9.18 Å². The Morgan fingerprint density at radius 2 is 2.12 bits per heavy atom. The van der Waals surface area contributed by atoms with Crippen LogP contribution in [0.25, 0.3) is 11.1 Å². The SMILES string of the molecule is CC1CCc2c(ccc(-c3cnn(C4CNC4)c3)c2Oc2ccc(F)c(Cl)c2)N1C(=O)O. The molecule has 1 amide bonds. The molecule has 0 saturated carbocycles. The van der Waals surface area contributed by atoms with Crippen molar-refractivity contribution in [3.63, 3.8) is 0 Å². The van der Waals surface area contributed by atoms with Crippen molar-refractivity contribution < 1.29 is 19.0 Å². The van der Waals surface area contributed by atoms with E-state index >= 15 is 0 Å². The van der Waals surface area contributed by atoms with Crippen molar-refractivity contribution in [2.75, 3.05) is 18.0 Å². The predicted octanol–water partition coefficient (Wildman–Crippen LogP) is 5.10. The van der Waals surface area contributed by atoms with Crippen LogP contribution in [0.4, 0.5) is 14.9 Å². The minimum absolute atomic E-state index is 0.0417. The molecule has 32 heavy (non-hydrogen) atoms. The lowest BCUT2D eigenvalue weighted by atomic mass is 9.92. The molecule has 3 aromatic rings. The molecule has 1 saturated heterocycles. The molecule has 0 spiro atoms. The van der Waals surface area contributed by atoms with Gasteiger partial charge >= 0.3 is 6.09 Å². The first-order chi connectivity index (χ1) is 15.4. The van der Waals surface area contributed by atoms with Crippen molar-refractivity contribution in [2.45, 2.75) is 31.8 Å². The third kappa shape index (κ3) is 3.59. The molecule has 2 N–H and O–H groups in total. The van der Waals surface area contributed by atoms with Crippen LogP contribution in [-0.2, 0) is 6.42 Å². The Labute approximate surface area is 189 Å². The molecule has 7 nitrogen and oxygen atoms in total. The minimum Gasteiger partial charge on any atom is -0.465 e. The molecule has 1 aromatic heterocycles. The number of carboxylic acid groups (broad SMARTS) is 1. The maximum absolute atomic E-state index is 13.7. The fraction of sp³-hybridized carbons (Fsp3) is 0.304. The van der Waals surface area contributed by atoms with Gasteiger partial charge in [0.2, 0.25) is 0 Å². The van der Waals surface area contributed by atoms with Crippen LogP contribution in [0.5, 0.6) is 11.5 Å². The van der Waals surface area contributed by atoms with Gasteiger partial charge in [0.05, 0.1) is 22.9 Å². The Morgan fingerprint density at radius 3 is 2.81 bits per heavy atom. The summed E-state index contributed by atoms with van der Waals surface area (Å²) in [7, 11) is 0. The average Bonchev–Trinajstić information content (AvgIpc) is 3.18. The number of carbonyl (C=O) groups is 1. The number of ether oxygens (including phenoxy) is 1. The molecule has 0 radical (unpaired) electrons. The first-order valence-electron chi connectivity index (χ1n) is 10.5. The normalized spacial score (nSPS) is 18.2. The second kappa shape index (κ2) is 8.11. The van der Waals surface area contributed by atoms with E-state index in [1.165, 1.54) is 23.1 Å². The van der Waals surface area contributed by atoms with Crippen molar-refractivity contribution in [3.8, 4) is 22.6 Å². The lowest BCUT2D eigenvalue weighted by molar-refractivity contribution is 0.198. The van der Waals surface area contributed by atoms with Crippen molar-refractivity contribution in [1.82, 2.24) is 15.1 Å². The Bertz CT molecular complexity index is 1190. The summed E-state index contributed by atoms with van der Waals surface area (Å²) in [5.41, 5.74) is 3.05. The second-order valence-corrected chi connectivity index (χ2v) is 8.59. The lowest BCUT2D eigenvalue weighted by Gasteiger charge is -2.34. The van der Waals surface area contributed by atoms with Gasteiger partial charge in [0.15, 0.2) is 0 Å². The van der Waals surface area contributed by atoms with E-state index in [4.69, 9.17) is 16.3 Å². The van der Waals surface area contributed by atoms with E-state index in [-0.39, 0.29) is 11.1 Å². The summed E-state index contributed by atoms with van der Waals surface area (Å²) >= 11 is 5.96. The van der Waals surface area contributed by atoms with Crippen molar-refractivity contribution in [3.05, 3.63) is 59.1 Å². The minimum atomic E-state index is -1.01. The summed E-state index contributed by atoms with van der Waals surface area (Å²) in [6.07, 6.45) is 4.06. The molecule has 0 aliphatic carbocycles. The molecule has 166 valence electrons. The predicted molar refractivity (Wildman–Crippen MR) is 119 cm³/mol. The number of halogens is 2. The first-order valence-corrected chi connectivity index (χ1v) is 10.9. The second-order valence-electron chi connectivity index (χ2n) is 8.18. The molecule has 5 rings (SSSR count). The summed E-state index contributed by atoms with van der Waals surface area (Å²) in [4.78, 5) is 13.3. The number of fused-ring (bicyclic) bond motifs is 1. The average molecular weight is 457 g/mol. The summed E-state index contributed by atoms with van der Waals surface area (Å²) in [5, 5.41) is 17.5. The third-order valence-corrected chi connectivity index (χ3v) is 6.40. The van der Waals surface area contributed by atoms with Crippen LogP contribution in [0.3, 0.4) is 0 Å². The molecule has 2 aliphatic rings. The summed E-state index contributed by atoms with van der Waals surface area (Å²) < 4.78 is 21.9. The molecular formula is C23H22ClFN4O3. The molecule has 1 atom stereocenters. The van der Waals surface area contributed by atoms with Gasteiger partial charge in [-0.1, -0.05) is 11.6 Å². The van der Waals surface area contributed by atoms with Gasteiger partial charge in [-0.3, -0.25) is 9.58 Å². The standard InChI is InChI=1S/C23H22ClFN4O3/c1-13-2-4-18-21(29(13)23(30)31)7-5-17(14-9-27-28(12-14)15-10-26-11-15)22(18)32-16-3-6-20(25)19(24)8-16/h3,5-9,12-13,15,26H,2,4,10-11H2,1H3,(H,30,31). The van der Waals surface area contributed by atoms with Crippen LogP contribution in [-0.4, -0.2) is 40.1 Å². The third-order valence-electron chi connectivity index (χ3n) is 6.11. The van der Waals surface area contributed by atoms with Crippen molar-refractivity contribution >= 4 is 23.4 Å². The molecular weight excluding hydrogens is 435 g/mol. The highest BCUT2D eigenvalue weighted by molar-refractivity contribution is 6.30. The highest BCUT2D eigenvalue weighted by atomic mass is 35.5. The molecule has 9 heteroatoms. The molecule has 2 aromatic carbocycles. The monoisotopic (exact) mass is 456 g/mol. The van der Waals surface area contributed by atoms with E-state index in [0.717, 1.165) is 29.8 Å². The Hall–Kier alpha value is -3.10. The van der Waals surface area contributed by atoms with Gasteiger partial charge in [-0.15, -0.1) is 0 Å². The van der Waals surface area contributed by atoms with Crippen LogP contribution in [0.15, 0.2) is 42.7 Å². The maximum Gasteiger partial charge on any atom is 0.412 e. The van der Waals surface area contributed by atoms with Crippen LogP contribution in [0.2, 0.25) is 5.02 Å². The van der Waals surface area contributed by atoms with E-state index < -0.39 is 11.9 Å². The number of hydrogen-bond acceptors (Lipinski definition) is 4. The highest BCUT2D eigenvalue weighted by Gasteiger charge is 2.32. The molecule has 2 aliphatic heterocycles. The summed E-state index contributed by atoms with van der Waals surface area (Å²) in [5.74, 6) is 0.382. The first kappa shape index (κ1) is 20.8. The van der Waals surface area contributed by atoms with E-state index in [2.05, 4.69) is 10.4 Å². The quantitative estimate of drug-likeness (QED) is 0.571. The lowest BCUT2D eigenvalue weighted by Crippen LogP contribution is -2.43. The Balaban J connectivity index is 1.63. The number of rotatable bonds is 4. The zero-order valence-electron chi connectivity index (χ0n) is 17.4. The van der Waals surface area contributed by atoms with Gasteiger partial charge in [-0.2, -0.15) is 5.10 Å². The molecule has 1 unspecified atom stereocenters. The number of benzene rings is 2. The fourth-order valence-electron chi connectivity index (χ4n) is 4.24.